The fourth-order valence-corrected chi connectivity index (χ4v) is 4.11. The average molecular weight is 431 g/mol. The van der Waals surface area contributed by atoms with E-state index in [9.17, 15) is 0 Å². The van der Waals surface area contributed by atoms with Crippen LogP contribution in [0.25, 0.3) is 11.4 Å². The van der Waals surface area contributed by atoms with Gasteiger partial charge in [0.15, 0.2) is 22.1 Å². The Morgan fingerprint density at radius 3 is 2.48 bits per heavy atom. The lowest BCUT2D eigenvalue weighted by molar-refractivity contribution is 0.187. The molecule has 2 heterocycles. The summed E-state index contributed by atoms with van der Waals surface area (Å²) < 4.78 is 15.3. The third-order valence-corrected chi connectivity index (χ3v) is 6.10. The second kappa shape index (κ2) is 8.18. The summed E-state index contributed by atoms with van der Waals surface area (Å²) in [4.78, 5) is 2.33. The second-order valence-corrected chi connectivity index (χ2v) is 7.84. The van der Waals surface area contributed by atoms with Crippen LogP contribution in [-0.4, -0.2) is 40.0 Å². The molecular formula is C21H23ClN4O2S. The molecular weight excluding hydrogens is 408 g/mol. The van der Waals surface area contributed by atoms with Crippen LogP contribution in [0.2, 0.25) is 5.02 Å². The zero-order valence-corrected chi connectivity index (χ0v) is 18.3. The van der Waals surface area contributed by atoms with Crippen LogP contribution >= 0.6 is 23.8 Å². The van der Waals surface area contributed by atoms with E-state index >= 15 is 0 Å². The molecule has 0 amide bonds. The topological polar surface area (TPSA) is 44.5 Å². The van der Waals surface area contributed by atoms with Crippen LogP contribution in [0.4, 0.5) is 0 Å². The molecule has 0 unspecified atom stereocenters. The molecule has 0 atom stereocenters. The average Bonchev–Trinajstić information content (AvgIpc) is 3.01. The molecule has 2 aromatic carbocycles. The maximum Gasteiger partial charge on any atom is 0.199 e. The number of nitrogens with zero attached hydrogens (tertiary/aromatic N) is 4. The standard InChI is InChI=1S/C21H23ClN4O2S/c1-24-20(16-6-4-5-7-17(16)22)23-26(21(24)29)13-25-9-8-14-10-18(27-2)19(28-3)11-15(14)12-25/h4-7,10-11H,8-9,12-13H2,1-3H3. The van der Waals surface area contributed by atoms with E-state index in [2.05, 4.69) is 17.0 Å². The monoisotopic (exact) mass is 430 g/mol. The quantitative estimate of drug-likeness (QED) is 0.564. The highest BCUT2D eigenvalue weighted by atomic mass is 35.5. The molecule has 0 bridgehead atoms. The fraction of sp³-hybridized carbons (Fsp3) is 0.333. The third kappa shape index (κ3) is 3.77. The molecule has 3 aromatic rings. The predicted molar refractivity (Wildman–Crippen MR) is 116 cm³/mol. The molecule has 1 aromatic heterocycles. The molecule has 0 fully saturated rings. The molecule has 29 heavy (non-hydrogen) atoms. The summed E-state index contributed by atoms with van der Waals surface area (Å²) in [5.41, 5.74) is 3.41. The molecule has 0 saturated heterocycles. The van der Waals surface area contributed by atoms with Crippen molar-refractivity contribution < 1.29 is 9.47 Å². The van der Waals surface area contributed by atoms with Gasteiger partial charge in [-0.1, -0.05) is 23.7 Å². The molecule has 0 aliphatic carbocycles. The van der Waals surface area contributed by atoms with Crippen LogP contribution in [0.1, 0.15) is 11.1 Å². The Balaban J connectivity index is 1.59. The number of rotatable bonds is 5. The van der Waals surface area contributed by atoms with Gasteiger partial charge < -0.3 is 14.0 Å². The van der Waals surface area contributed by atoms with E-state index in [4.69, 9.17) is 38.4 Å². The van der Waals surface area contributed by atoms with E-state index in [1.807, 2.05) is 40.6 Å². The van der Waals surface area contributed by atoms with Crippen molar-refractivity contribution in [2.45, 2.75) is 19.6 Å². The number of hydrogen-bond donors (Lipinski definition) is 0. The van der Waals surface area contributed by atoms with Crippen LogP contribution < -0.4 is 9.47 Å². The molecule has 152 valence electrons. The summed E-state index contributed by atoms with van der Waals surface area (Å²) in [6, 6.07) is 11.8. The van der Waals surface area contributed by atoms with Crippen LogP contribution in [0.15, 0.2) is 36.4 Å². The summed E-state index contributed by atoms with van der Waals surface area (Å²) >= 11 is 12.0. The van der Waals surface area contributed by atoms with Gasteiger partial charge in [-0.3, -0.25) is 4.90 Å². The lowest BCUT2D eigenvalue weighted by Gasteiger charge is -2.29. The van der Waals surface area contributed by atoms with Crippen LogP contribution in [0.3, 0.4) is 0 Å². The number of hydrogen-bond acceptors (Lipinski definition) is 5. The number of methoxy groups -OCH3 is 2. The van der Waals surface area contributed by atoms with Gasteiger partial charge in [0, 0.05) is 25.7 Å². The first-order chi connectivity index (χ1) is 14.0. The van der Waals surface area contributed by atoms with Gasteiger partial charge in [0.1, 0.15) is 0 Å². The zero-order chi connectivity index (χ0) is 20.5. The highest BCUT2D eigenvalue weighted by Gasteiger charge is 2.21. The van der Waals surface area contributed by atoms with E-state index in [1.54, 1.807) is 14.2 Å². The van der Waals surface area contributed by atoms with E-state index in [0.717, 1.165) is 42.4 Å². The summed E-state index contributed by atoms with van der Waals surface area (Å²) in [6.07, 6.45) is 0.938. The molecule has 0 N–H and O–H groups in total. The Labute approximate surface area is 180 Å². The van der Waals surface area contributed by atoms with Crippen molar-refractivity contribution in [2.24, 2.45) is 7.05 Å². The minimum Gasteiger partial charge on any atom is -0.493 e. The minimum atomic E-state index is 0.616. The van der Waals surface area contributed by atoms with Crippen molar-refractivity contribution in [3.05, 3.63) is 57.3 Å². The molecule has 0 radical (unpaired) electrons. The summed E-state index contributed by atoms with van der Waals surface area (Å²) in [7, 11) is 5.25. The van der Waals surface area contributed by atoms with Crippen molar-refractivity contribution in [1.82, 2.24) is 19.2 Å². The number of ether oxygens (including phenoxy) is 2. The molecule has 4 rings (SSSR count). The Bertz CT molecular complexity index is 1110. The lowest BCUT2D eigenvalue weighted by Crippen LogP contribution is -2.32. The molecule has 8 heteroatoms. The van der Waals surface area contributed by atoms with E-state index in [1.165, 1.54) is 11.1 Å². The van der Waals surface area contributed by atoms with Gasteiger partial charge in [-0.15, -0.1) is 0 Å². The van der Waals surface area contributed by atoms with E-state index in [-0.39, 0.29) is 0 Å². The van der Waals surface area contributed by atoms with Crippen molar-refractivity contribution in [3.63, 3.8) is 0 Å². The maximum absolute atomic E-state index is 6.36. The number of aromatic nitrogens is 3. The first-order valence-electron chi connectivity index (χ1n) is 9.36. The zero-order valence-electron chi connectivity index (χ0n) is 16.7. The van der Waals surface area contributed by atoms with Gasteiger partial charge >= 0.3 is 0 Å². The maximum atomic E-state index is 6.36. The van der Waals surface area contributed by atoms with Gasteiger partial charge in [-0.2, -0.15) is 5.10 Å². The van der Waals surface area contributed by atoms with Crippen molar-refractivity contribution in [3.8, 4) is 22.9 Å². The van der Waals surface area contributed by atoms with Gasteiger partial charge in [-0.05, 0) is 54.0 Å². The van der Waals surface area contributed by atoms with Crippen molar-refractivity contribution >= 4 is 23.8 Å². The Morgan fingerprint density at radius 1 is 1.10 bits per heavy atom. The number of fused-ring (bicyclic) bond motifs is 1. The molecule has 6 nitrogen and oxygen atoms in total. The molecule has 1 aliphatic rings. The van der Waals surface area contributed by atoms with E-state index < -0.39 is 0 Å². The van der Waals surface area contributed by atoms with Crippen LogP contribution in [-0.2, 0) is 26.7 Å². The van der Waals surface area contributed by atoms with E-state index in [0.29, 0.717) is 16.5 Å². The third-order valence-electron chi connectivity index (χ3n) is 5.29. The van der Waals surface area contributed by atoms with Crippen molar-refractivity contribution in [2.75, 3.05) is 20.8 Å². The van der Waals surface area contributed by atoms with Gasteiger partial charge in [0.25, 0.3) is 0 Å². The van der Waals surface area contributed by atoms with Gasteiger partial charge in [0.05, 0.1) is 25.9 Å². The van der Waals surface area contributed by atoms with Gasteiger partial charge in [0.2, 0.25) is 0 Å². The summed E-state index contributed by atoms with van der Waals surface area (Å²) in [5, 5.41) is 5.42. The largest absolute Gasteiger partial charge is 0.493 e. The molecule has 1 aliphatic heterocycles. The lowest BCUT2D eigenvalue weighted by atomic mass is 9.99. The Kier molecular flexibility index (Phi) is 5.63. The summed E-state index contributed by atoms with van der Waals surface area (Å²) in [5.74, 6) is 2.30. The number of benzene rings is 2. The SMILES string of the molecule is COc1cc2c(cc1OC)CN(Cn1nc(-c3ccccc3Cl)n(C)c1=S)CC2. The molecule has 0 saturated carbocycles. The fourth-order valence-electron chi connectivity index (χ4n) is 3.71. The number of halogens is 1. The highest BCUT2D eigenvalue weighted by molar-refractivity contribution is 7.71. The van der Waals surface area contributed by atoms with Gasteiger partial charge in [-0.25, -0.2) is 4.68 Å². The smallest absolute Gasteiger partial charge is 0.199 e. The first kappa shape index (κ1) is 19.9. The predicted octanol–water partition coefficient (Wildman–Crippen LogP) is 4.30. The first-order valence-corrected chi connectivity index (χ1v) is 10.1. The molecule has 0 spiro atoms. The van der Waals surface area contributed by atoms with Crippen LogP contribution in [0, 0.1) is 4.77 Å². The second-order valence-electron chi connectivity index (χ2n) is 7.06. The minimum absolute atomic E-state index is 0.616. The van der Waals surface area contributed by atoms with Crippen molar-refractivity contribution in [1.29, 1.82) is 0 Å². The van der Waals surface area contributed by atoms with Crippen LogP contribution in [0.5, 0.6) is 11.5 Å². The Morgan fingerprint density at radius 2 is 1.79 bits per heavy atom. The highest BCUT2D eigenvalue weighted by Crippen LogP contribution is 2.33. The normalized spacial score (nSPS) is 13.9. The summed E-state index contributed by atoms with van der Waals surface area (Å²) in [6.45, 7) is 2.34. The Hall–Kier alpha value is -2.35.